The minimum absolute atomic E-state index is 0.0366. The topological polar surface area (TPSA) is 38.0 Å². The van der Waals surface area contributed by atoms with E-state index in [9.17, 15) is 4.39 Å². The third-order valence-corrected chi connectivity index (χ3v) is 3.81. The molecule has 0 saturated heterocycles. The molecule has 0 saturated carbocycles. The molecule has 0 fully saturated rings. The van der Waals surface area contributed by atoms with E-state index in [2.05, 4.69) is 5.32 Å². The predicted molar refractivity (Wildman–Crippen MR) is 86.8 cm³/mol. The van der Waals surface area contributed by atoms with Crippen LogP contribution in [0.3, 0.4) is 0 Å². The molecule has 2 aromatic carbocycles. The lowest BCUT2D eigenvalue weighted by Crippen LogP contribution is -2.14. The van der Waals surface area contributed by atoms with Crippen molar-refractivity contribution in [2.75, 3.05) is 5.32 Å². The van der Waals surface area contributed by atoms with E-state index in [0.717, 1.165) is 5.56 Å². The number of thiocarbonyl (C=S) groups is 1. The van der Waals surface area contributed by atoms with Crippen molar-refractivity contribution >= 4 is 51.8 Å². The fourth-order valence-electron chi connectivity index (χ4n) is 1.78. The summed E-state index contributed by atoms with van der Waals surface area (Å²) in [6, 6.07) is 8.02. The van der Waals surface area contributed by atoms with Crippen molar-refractivity contribution < 1.29 is 4.39 Å². The Balaban J connectivity index is 2.54. The summed E-state index contributed by atoms with van der Waals surface area (Å²) >= 11 is 17.2. The first-order valence-electron chi connectivity index (χ1n) is 5.71. The zero-order chi connectivity index (χ0) is 14.9. The summed E-state index contributed by atoms with van der Waals surface area (Å²) in [5, 5.41) is 3.90. The molecule has 0 amide bonds. The van der Waals surface area contributed by atoms with Gasteiger partial charge in [-0.3, -0.25) is 0 Å². The van der Waals surface area contributed by atoms with Crippen LogP contribution >= 0.6 is 35.4 Å². The molecule has 0 aliphatic heterocycles. The van der Waals surface area contributed by atoms with Crippen LogP contribution in [0.5, 0.6) is 0 Å². The first kappa shape index (κ1) is 15.0. The molecule has 20 heavy (non-hydrogen) atoms. The second kappa shape index (κ2) is 5.95. The third-order valence-electron chi connectivity index (χ3n) is 2.80. The Kier molecular flexibility index (Phi) is 4.48. The number of rotatable bonds is 3. The molecule has 0 bridgehead atoms. The molecule has 0 aliphatic rings. The summed E-state index contributed by atoms with van der Waals surface area (Å²) < 4.78 is 13.8. The lowest BCUT2D eigenvalue weighted by atomic mass is 10.1. The van der Waals surface area contributed by atoms with Crippen LogP contribution in [-0.4, -0.2) is 4.99 Å². The lowest BCUT2D eigenvalue weighted by Gasteiger charge is -2.15. The maximum Gasteiger partial charge on any atom is 0.135 e. The van der Waals surface area contributed by atoms with Crippen LogP contribution in [0.1, 0.15) is 11.1 Å². The van der Waals surface area contributed by atoms with E-state index in [-0.39, 0.29) is 10.6 Å². The van der Waals surface area contributed by atoms with Crippen molar-refractivity contribution in [3.63, 3.8) is 0 Å². The monoisotopic (exact) mass is 328 g/mol. The zero-order valence-electron chi connectivity index (χ0n) is 10.5. The molecule has 0 spiro atoms. The number of nitrogens with one attached hydrogen (secondary N) is 1. The summed E-state index contributed by atoms with van der Waals surface area (Å²) in [6.45, 7) is 1.85. The number of halogens is 3. The zero-order valence-corrected chi connectivity index (χ0v) is 12.8. The standard InChI is InChI=1S/C14H11Cl2FN2S/c1-7-5-6-8(15)13(12(7)16)19-10-4-2-3-9(17)11(10)14(18)20/h2-6,19H,1H3,(H2,18,20). The highest BCUT2D eigenvalue weighted by Gasteiger charge is 2.14. The van der Waals surface area contributed by atoms with Crippen LogP contribution < -0.4 is 11.1 Å². The molecule has 0 unspecified atom stereocenters. The van der Waals surface area contributed by atoms with Gasteiger partial charge in [-0.1, -0.05) is 47.6 Å². The Hall–Kier alpha value is -1.36. The number of anilines is 2. The number of nitrogens with two attached hydrogens (primary N) is 1. The SMILES string of the molecule is Cc1ccc(Cl)c(Nc2cccc(F)c2C(N)=S)c1Cl. The second-order valence-electron chi connectivity index (χ2n) is 4.20. The molecule has 104 valence electrons. The first-order valence-corrected chi connectivity index (χ1v) is 6.88. The predicted octanol–water partition coefficient (Wildman–Crippen LogP) is 4.82. The van der Waals surface area contributed by atoms with Gasteiger partial charge in [0.15, 0.2) is 0 Å². The minimum atomic E-state index is -0.498. The summed E-state index contributed by atoms with van der Waals surface area (Å²) in [5.41, 5.74) is 7.47. The van der Waals surface area contributed by atoms with Gasteiger partial charge in [0, 0.05) is 0 Å². The van der Waals surface area contributed by atoms with Crippen molar-refractivity contribution in [3.05, 3.63) is 57.3 Å². The highest BCUT2D eigenvalue weighted by atomic mass is 35.5. The van der Waals surface area contributed by atoms with Crippen LogP contribution in [0.2, 0.25) is 10.0 Å². The highest BCUT2D eigenvalue weighted by Crippen LogP contribution is 2.36. The molecule has 6 heteroatoms. The van der Waals surface area contributed by atoms with Crippen molar-refractivity contribution in [1.29, 1.82) is 0 Å². The van der Waals surface area contributed by atoms with Crippen molar-refractivity contribution in [3.8, 4) is 0 Å². The Morgan fingerprint density at radius 1 is 1.25 bits per heavy atom. The number of hydrogen-bond donors (Lipinski definition) is 2. The Bertz CT molecular complexity index is 689. The molecule has 2 nitrogen and oxygen atoms in total. The van der Waals surface area contributed by atoms with Crippen molar-refractivity contribution in [2.45, 2.75) is 6.92 Å². The van der Waals surface area contributed by atoms with Gasteiger partial charge in [0.25, 0.3) is 0 Å². The molecule has 0 heterocycles. The van der Waals surface area contributed by atoms with E-state index >= 15 is 0 Å². The van der Waals surface area contributed by atoms with Gasteiger partial charge in [0.2, 0.25) is 0 Å². The van der Waals surface area contributed by atoms with E-state index in [1.165, 1.54) is 6.07 Å². The van der Waals surface area contributed by atoms with Crippen molar-refractivity contribution in [1.82, 2.24) is 0 Å². The molecular weight excluding hydrogens is 318 g/mol. The average Bonchev–Trinajstić information content (AvgIpc) is 2.39. The molecule has 0 aromatic heterocycles. The fraction of sp³-hybridized carbons (Fsp3) is 0.0714. The minimum Gasteiger partial charge on any atom is -0.389 e. The normalized spacial score (nSPS) is 10.4. The van der Waals surface area contributed by atoms with Gasteiger partial charge in [-0.25, -0.2) is 4.39 Å². The Morgan fingerprint density at radius 3 is 2.60 bits per heavy atom. The van der Waals surface area contributed by atoms with Gasteiger partial charge in [0.05, 0.1) is 27.0 Å². The first-order chi connectivity index (χ1) is 9.41. The molecule has 0 aliphatic carbocycles. The summed E-state index contributed by atoms with van der Waals surface area (Å²) in [6.07, 6.45) is 0. The highest BCUT2D eigenvalue weighted by molar-refractivity contribution is 7.80. The Morgan fingerprint density at radius 2 is 1.95 bits per heavy atom. The largest absolute Gasteiger partial charge is 0.389 e. The maximum absolute atomic E-state index is 13.8. The molecule has 2 aromatic rings. The average molecular weight is 329 g/mol. The van der Waals surface area contributed by atoms with E-state index in [1.807, 2.05) is 6.92 Å². The second-order valence-corrected chi connectivity index (χ2v) is 5.43. The maximum atomic E-state index is 13.8. The van der Waals surface area contributed by atoms with Gasteiger partial charge >= 0.3 is 0 Å². The number of aryl methyl sites for hydroxylation is 1. The molecule has 0 atom stereocenters. The van der Waals surface area contributed by atoms with E-state index in [1.54, 1.807) is 24.3 Å². The van der Waals surface area contributed by atoms with Gasteiger partial charge < -0.3 is 11.1 Å². The quantitative estimate of drug-likeness (QED) is 0.793. The van der Waals surface area contributed by atoms with E-state index in [4.69, 9.17) is 41.2 Å². The van der Waals surface area contributed by atoms with Crippen LogP contribution in [-0.2, 0) is 0 Å². The van der Waals surface area contributed by atoms with Gasteiger partial charge in [-0.2, -0.15) is 0 Å². The fourth-order valence-corrected chi connectivity index (χ4v) is 2.46. The van der Waals surface area contributed by atoms with Crippen LogP contribution in [0.4, 0.5) is 15.8 Å². The Labute approximate surface area is 131 Å². The van der Waals surface area contributed by atoms with Crippen LogP contribution in [0.25, 0.3) is 0 Å². The molecular formula is C14H11Cl2FN2S. The summed E-state index contributed by atoms with van der Waals surface area (Å²) in [5.74, 6) is -0.498. The summed E-state index contributed by atoms with van der Waals surface area (Å²) in [7, 11) is 0. The smallest absolute Gasteiger partial charge is 0.135 e. The van der Waals surface area contributed by atoms with Crippen molar-refractivity contribution in [2.24, 2.45) is 5.73 Å². The molecule has 3 N–H and O–H groups in total. The summed E-state index contributed by atoms with van der Waals surface area (Å²) in [4.78, 5) is -0.0366. The molecule has 0 radical (unpaired) electrons. The lowest BCUT2D eigenvalue weighted by molar-refractivity contribution is 0.626. The number of benzene rings is 2. The van der Waals surface area contributed by atoms with E-state index < -0.39 is 5.82 Å². The van der Waals surface area contributed by atoms with Crippen LogP contribution in [0, 0.1) is 12.7 Å². The van der Waals surface area contributed by atoms with Gasteiger partial charge in [-0.05, 0) is 30.7 Å². The van der Waals surface area contributed by atoms with Gasteiger partial charge in [-0.15, -0.1) is 0 Å². The number of hydrogen-bond acceptors (Lipinski definition) is 2. The molecule has 2 rings (SSSR count). The van der Waals surface area contributed by atoms with E-state index in [0.29, 0.717) is 21.4 Å². The van der Waals surface area contributed by atoms with Crippen LogP contribution in [0.15, 0.2) is 30.3 Å². The third kappa shape index (κ3) is 2.87. The van der Waals surface area contributed by atoms with Gasteiger partial charge in [0.1, 0.15) is 10.8 Å².